The molecule has 8 heteroatoms. The summed E-state index contributed by atoms with van der Waals surface area (Å²) < 4.78 is 19.4. The lowest BCUT2D eigenvalue weighted by Crippen LogP contribution is -2.24. The standard InChI is InChI=1S/C25H24FN5O2/c26-19-8-5-17(6-9-19)23-30-21-14-18(24(32)29-11-1-2-22-27-12-13-28-22)7-10-20(21)25(31-23)33-15-16-3-4-16/h5-10,12-14,16H,1-4,11,15H2,(H,27,28)(H,29,32). The first-order chi connectivity index (χ1) is 16.2. The van der Waals surface area contributed by atoms with Gasteiger partial charge in [-0.1, -0.05) is 0 Å². The zero-order valence-electron chi connectivity index (χ0n) is 18.1. The van der Waals surface area contributed by atoms with Crippen LogP contribution in [0.4, 0.5) is 4.39 Å². The highest BCUT2D eigenvalue weighted by molar-refractivity contribution is 5.98. The summed E-state index contributed by atoms with van der Waals surface area (Å²) in [5.74, 6) is 1.89. The SMILES string of the molecule is O=C(NCCCc1ncc[nH]1)c1ccc2c(OCC3CC3)nc(-c3ccc(F)cc3)nc2c1. The Hall–Kier alpha value is -3.81. The molecule has 2 N–H and O–H groups in total. The van der Waals surface area contributed by atoms with E-state index >= 15 is 0 Å². The molecule has 33 heavy (non-hydrogen) atoms. The molecule has 0 radical (unpaired) electrons. The number of benzene rings is 2. The number of fused-ring (bicyclic) bond motifs is 1. The number of halogens is 1. The van der Waals surface area contributed by atoms with Crippen molar-refractivity contribution >= 4 is 16.8 Å². The maximum absolute atomic E-state index is 13.4. The highest BCUT2D eigenvalue weighted by atomic mass is 19.1. The number of aromatic amines is 1. The van der Waals surface area contributed by atoms with E-state index in [1.54, 1.807) is 36.7 Å². The number of carbonyl (C=O) groups is 1. The number of aryl methyl sites for hydroxylation is 1. The van der Waals surface area contributed by atoms with Crippen LogP contribution >= 0.6 is 0 Å². The summed E-state index contributed by atoms with van der Waals surface area (Å²) in [5.41, 5.74) is 1.80. The molecule has 1 amide bonds. The van der Waals surface area contributed by atoms with E-state index in [0.29, 0.717) is 47.4 Å². The zero-order chi connectivity index (χ0) is 22.6. The van der Waals surface area contributed by atoms with Crippen molar-refractivity contribution in [1.82, 2.24) is 25.3 Å². The number of imidazole rings is 1. The van der Waals surface area contributed by atoms with Crippen LogP contribution in [0.25, 0.3) is 22.3 Å². The highest BCUT2D eigenvalue weighted by Gasteiger charge is 2.23. The largest absolute Gasteiger partial charge is 0.477 e. The number of nitrogens with one attached hydrogen (secondary N) is 2. The molecule has 0 spiro atoms. The molecule has 1 fully saturated rings. The molecule has 0 aliphatic heterocycles. The Balaban J connectivity index is 1.37. The lowest BCUT2D eigenvalue weighted by molar-refractivity contribution is 0.0953. The maximum Gasteiger partial charge on any atom is 0.251 e. The van der Waals surface area contributed by atoms with Gasteiger partial charge in [0.25, 0.3) is 5.91 Å². The second-order valence-electron chi connectivity index (χ2n) is 8.24. The molecule has 1 aliphatic rings. The Bertz CT molecular complexity index is 1250. The van der Waals surface area contributed by atoms with E-state index in [9.17, 15) is 9.18 Å². The van der Waals surface area contributed by atoms with E-state index in [-0.39, 0.29) is 11.7 Å². The average Bonchev–Trinajstić information content (AvgIpc) is 3.52. The smallest absolute Gasteiger partial charge is 0.251 e. The fraction of sp³-hybridized carbons (Fsp3) is 0.280. The van der Waals surface area contributed by atoms with Crippen molar-refractivity contribution < 1.29 is 13.9 Å². The van der Waals surface area contributed by atoms with Crippen molar-refractivity contribution in [2.75, 3.05) is 13.2 Å². The summed E-state index contributed by atoms with van der Waals surface area (Å²) >= 11 is 0. The van der Waals surface area contributed by atoms with Gasteiger partial charge in [-0.25, -0.2) is 14.4 Å². The number of rotatable bonds is 9. The molecule has 7 nitrogen and oxygen atoms in total. The van der Waals surface area contributed by atoms with Crippen LogP contribution in [0.3, 0.4) is 0 Å². The fourth-order valence-corrected chi connectivity index (χ4v) is 3.56. The van der Waals surface area contributed by atoms with Gasteiger partial charge in [0, 0.05) is 36.5 Å². The number of carbonyl (C=O) groups excluding carboxylic acids is 1. The van der Waals surface area contributed by atoms with E-state index in [1.165, 1.54) is 12.1 Å². The summed E-state index contributed by atoms with van der Waals surface area (Å²) in [7, 11) is 0. The summed E-state index contributed by atoms with van der Waals surface area (Å²) in [6.45, 7) is 1.14. The summed E-state index contributed by atoms with van der Waals surface area (Å²) in [4.78, 5) is 29.2. The fourth-order valence-electron chi connectivity index (χ4n) is 3.56. The minimum absolute atomic E-state index is 0.168. The minimum Gasteiger partial charge on any atom is -0.477 e. The molecule has 0 atom stereocenters. The van der Waals surface area contributed by atoms with Crippen LogP contribution < -0.4 is 10.1 Å². The molecular formula is C25H24FN5O2. The van der Waals surface area contributed by atoms with Crippen molar-refractivity contribution in [3.8, 4) is 17.3 Å². The number of hydrogen-bond acceptors (Lipinski definition) is 5. The molecular weight excluding hydrogens is 421 g/mol. The van der Waals surface area contributed by atoms with Gasteiger partial charge in [-0.15, -0.1) is 0 Å². The maximum atomic E-state index is 13.4. The first-order valence-electron chi connectivity index (χ1n) is 11.1. The van der Waals surface area contributed by atoms with Gasteiger partial charge in [-0.2, -0.15) is 4.98 Å². The molecule has 2 aromatic carbocycles. The Morgan fingerprint density at radius 3 is 2.76 bits per heavy atom. The van der Waals surface area contributed by atoms with E-state index in [4.69, 9.17) is 4.74 Å². The number of amides is 1. The quantitative estimate of drug-likeness (QED) is 0.375. The summed E-state index contributed by atoms with van der Waals surface area (Å²) in [5, 5.41) is 3.69. The third-order valence-corrected chi connectivity index (χ3v) is 5.61. The van der Waals surface area contributed by atoms with Crippen LogP contribution in [-0.4, -0.2) is 39.0 Å². The van der Waals surface area contributed by atoms with E-state index in [1.807, 2.05) is 6.07 Å². The third kappa shape index (κ3) is 5.16. The zero-order valence-corrected chi connectivity index (χ0v) is 18.1. The monoisotopic (exact) mass is 445 g/mol. The Labute approximate surface area is 190 Å². The number of nitrogens with zero attached hydrogens (tertiary/aromatic N) is 3. The van der Waals surface area contributed by atoms with Crippen LogP contribution in [0, 0.1) is 11.7 Å². The minimum atomic E-state index is -0.323. The van der Waals surface area contributed by atoms with Gasteiger partial charge in [0.1, 0.15) is 11.6 Å². The molecule has 4 aromatic rings. The third-order valence-electron chi connectivity index (χ3n) is 5.61. The topological polar surface area (TPSA) is 92.8 Å². The van der Waals surface area contributed by atoms with Crippen LogP contribution in [0.5, 0.6) is 5.88 Å². The van der Waals surface area contributed by atoms with Crippen molar-refractivity contribution in [2.45, 2.75) is 25.7 Å². The van der Waals surface area contributed by atoms with E-state index in [0.717, 1.165) is 36.9 Å². The Morgan fingerprint density at radius 1 is 1.15 bits per heavy atom. The van der Waals surface area contributed by atoms with E-state index in [2.05, 4.69) is 25.3 Å². The summed E-state index contributed by atoms with van der Waals surface area (Å²) in [6.07, 6.45) is 7.38. The normalized spacial score (nSPS) is 13.2. The lowest BCUT2D eigenvalue weighted by Gasteiger charge is -2.11. The van der Waals surface area contributed by atoms with E-state index < -0.39 is 0 Å². The van der Waals surface area contributed by atoms with Gasteiger partial charge in [-0.3, -0.25) is 4.79 Å². The first-order valence-corrected chi connectivity index (χ1v) is 11.1. The molecule has 1 saturated carbocycles. The predicted molar refractivity (Wildman–Crippen MR) is 122 cm³/mol. The second-order valence-corrected chi connectivity index (χ2v) is 8.24. The van der Waals surface area contributed by atoms with Crippen molar-refractivity contribution in [3.05, 3.63) is 72.1 Å². The number of ether oxygens (including phenoxy) is 1. The molecule has 0 bridgehead atoms. The van der Waals surface area contributed by atoms with Crippen LogP contribution in [-0.2, 0) is 6.42 Å². The molecule has 2 heterocycles. The Kier molecular flexibility index (Phi) is 5.97. The van der Waals surface area contributed by atoms with Crippen LogP contribution in [0.2, 0.25) is 0 Å². The number of H-pyrrole nitrogens is 1. The number of aromatic nitrogens is 4. The second kappa shape index (κ2) is 9.36. The molecule has 2 aromatic heterocycles. The van der Waals surface area contributed by atoms with Gasteiger partial charge in [0.15, 0.2) is 5.82 Å². The van der Waals surface area contributed by atoms with Gasteiger partial charge in [0.2, 0.25) is 5.88 Å². The molecule has 1 aliphatic carbocycles. The molecule has 5 rings (SSSR count). The van der Waals surface area contributed by atoms with Gasteiger partial charge in [0.05, 0.1) is 17.5 Å². The van der Waals surface area contributed by atoms with Gasteiger partial charge >= 0.3 is 0 Å². The Morgan fingerprint density at radius 2 is 2.00 bits per heavy atom. The van der Waals surface area contributed by atoms with Gasteiger partial charge in [-0.05, 0) is 67.6 Å². The number of hydrogen-bond donors (Lipinski definition) is 2. The predicted octanol–water partition coefficient (Wildman–Crippen LogP) is 4.31. The van der Waals surface area contributed by atoms with Crippen molar-refractivity contribution in [2.24, 2.45) is 5.92 Å². The van der Waals surface area contributed by atoms with Crippen molar-refractivity contribution in [1.29, 1.82) is 0 Å². The first kappa shape index (κ1) is 21.1. The molecule has 0 unspecified atom stereocenters. The molecule has 168 valence electrons. The van der Waals surface area contributed by atoms with Crippen LogP contribution in [0.1, 0.15) is 35.4 Å². The summed E-state index contributed by atoms with van der Waals surface area (Å²) in [6, 6.07) is 11.3. The van der Waals surface area contributed by atoms with Gasteiger partial charge < -0.3 is 15.0 Å². The molecule has 0 saturated heterocycles. The van der Waals surface area contributed by atoms with Crippen LogP contribution in [0.15, 0.2) is 54.9 Å². The van der Waals surface area contributed by atoms with Crippen molar-refractivity contribution in [3.63, 3.8) is 0 Å². The average molecular weight is 445 g/mol. The lowest BCUT2D eigenvalue weighted by atomic mass is 10.1. The highest BCUT2D eigenvalue weighted by Crippen LogP contribution is 2.32.